The molecule has 0 aliphatic carbocycles. The van der Waals surface area contributed by atoms with Crippen molar-refractivity contribution >= 4 is 5.91 Å². The molecule has 1 aliphatic heterocycles. The van der Waals surface area contributed by atoms with Crippen molar-refractivity contribution in [3.8, 4) is 0 Å². The van der Waals surface area contributed by atoms with Crippen LogP contribution in [-0.4, -0.2) is 46.8 Å². The van der Waals surface area contributed by atoms with Crippen molar-refractivity contribution in [2.75, 3.05) is 26.2 Å². The Labute approximate surface area is 146 Å². The number of amides is 1. The summed E-state index contributed by atoms with van der Waals surface area (Å²) in [4.78, 5) is 14.8. The zero-order valence-electron chi connectivity index (χ0n) is 15.9. The van der Waals surface area contributed by atoms with Gasteiger partial charge < -0.3 is 10.2 Å². The highest BCUT2D eigenvalue weighted by Gasteiger charge is 2.15. The van der Waals surface area contributed by atoms with Crippen LogP contribution in [0.2, 0.25) is 0 Å². The highest BCUT2D eigenvalue weighted by molar-refractivity contribution is 5.79. The number of hydrogen-bond donors (Lipinski definition) is 1. The van der Waals surface area contributed by atoms with Crippen LogP contribution < -0.4 is 5.32 Å². The Hall–Kier alpha value is -1.36. The smallest absolute Gasteiger partial charge is 0.224 e. The van der Waals surface area contributed by atoms with E-state index in [9.17, 15) is 4.79 Å². The largest absolute Gasteiger partial charge is 0.356 e. The maximum atomic E-state index is 12.2. The molecule has 1 fully saturated rings. The first kappa shape index (κ1) is 19.0. The summed E-state index contributed by atoms with van der Waals surface area (Å²) in [6, 6.07) is 0. The van der Waals surface area contributed by atoms with E-state index in [2.05, 4.69) is 36.1 Å². The monoisotopic (exact) mass is 334 g/mol. The van der Waals surface area contributed by atoms with Crippen molar-refractivity contribution in [1.82, 2.24) is 20.0 Å². The van der Waals surface area contributed by atoms with Gasteiger partial charge in [-0.2, -0.15) is 5.10 Å². The zero-order valence-corrected chi connectivity index (χ0v) is 15.9. The molecule has 0 aromatic carbocycles. The third-order valence-corrected chi connectivity index (χ3v) is 4.83. The first-order valence-corrected chi connectivity index (χ1v) is 9.49. The van der Waals surface area contributed by atoms with Crippen molar-refractivity contribution in [3.63, 3.8) is 0 Å². The van der Waals surface area contributed by atoms with Gasteiger partial charge in [-0.25, -0.2) is 0 Å². The highest BCUT2D eigenvalue weighted by Crippen LogP contribution is 2.15. The molecular weight excluding hydrogens is 300 g/mol. The summed E-state index contributed by atoms with van der Waals surface area (Å²) in [7, 11) is 0. The number of likely N-dealkylation sites (tertiary alicyclic amines) is 1. The van der Waals surface area contributed by atoms with E-state index in [1.165, 1.54) is 32.4 Å². The number of hydrogen-bond acceptors (Lipinski definition) is 3. The molecule has 1 amide bonds. The third-order valence-electron chi connectivity index (χ3n) is 4.83. The minimum Gasteiger partial charge on any atom is -0.356 e. The molecule has 1 aromatic heterocycles. The van der Waals surface area contributed by atoms with E-state index in [0.717, 1.165) is 43.0 Å². The molecule has 0 unspecified atom stereocenters. The molecule has 1 saturated heterocycles. The predicted molar refractivity (Wildman–Crippen MR) is 98.2 cm³/mol. The Morgan fingerprint density at radius 2 is 1.92 bits per heavy atom. The molecule has 0 atom stereocenters. The summed E-state index contributed by atoms with van der Waals surface area (Å²) in [6.07, 6.45) is 5.50. The van der Waals surface area contributed by atoms with Gasteiger partial charge in [0.05, 0.1) is 12.1 Å². The first-order chi connectivity index (χ1) is 11.5. The molecule has 0 radical (unpaired) electrons. The normalized spacial score (nSPS) is 15.9. The average molecular weight is 335 g/mol. The van der Waals surface area contributed by atoms with Crippen LogP contribution >= 0.6 is 0 Å². The SMILES string of the molecule is Cc1nn(CC(C)C)c(C)c1CC(=O)NCCCN1CCCCC1. The Bertz CT molecular complexity index is 530. The molecule has 5 heteroatoms. The second-order valence-corrected chi connectivity index (χ2v) is 7.51. The zero-order chi connectivity index (χ0) is 17.5. The van der Waals surface area contributed by atoms with Gasteiger partial charge in [0, 0.05) is 24.3 Å². The van der Waals surface area contributed by atoms with Crippen molar-refractivity contribution in [3.05, 3.63) is 17.0 Å². The van der Waals surface area contributed by atoms with Crippen molar-refractivity contribution in [2.24, 2.45) is 5.92 Å². The highest BCUT2D eigenvalue weighted by atomic mass is 16.1. The Kier molecular flexibility index (Phi) is 7.28. The number of piperidine rings is 1. The maximum absolute atomic E-state index is 12.2. The van der Waals surface area contributed by atoms with Crippen LogP contribution in [0.15, 0.2) is 0 Å². The van der Waals surface area contributed by atoms with E-state index in [1.54, 1.807) is 0 Å². The minimum absolute atomic E-state index is 0.115. The maximum Gasteiger partial charge on any atom is 0.224 e. The van der Waals surface area contributed by atoms with Gasteiger partial charge in [-0.05, 0) is 58.7 Å². The number of carbonyl (C=O) groups excluding carboxylic acids is 1. The topological polar surface area (TPSA) is 50.2 Å². The third kappa shape index (κ3) is 5.62. The Morgan fingerprint density at radius 3 is 2.58 bits per heavy atom. The lowest BCUT2D eigenvalue weighted by atomic mass is 10.1. The van der Waals surface area contributed by atoms with Gasteiger partial charge in [0.15, 0.2) is 0 Å². The molecular formula is C19H34N4O. The molecule has 2 heterocycles. The standard InChI is InChI=1S/C19H34N4O/c1-15(2)14-23-17(4)18(16(3)21-23)13-19(24)20-9-8-12-22-10-6-5-7-11-22/h15H,5-14H2,1-4H3,(H,20,24). The second-order valence-electron chi connectivity index (χ2n) is 7.51. The minimum atomic E-state index is 0.115. The lowest BCUT2D eigenvalue weighted by Crippen LogP contribution is -2.33. The molecule has 1 N–H and O–H groups in total. The fourth-order valence-corrected chi connectivity index (χ4v) is 3.45. The number of carbonyl (C=O) groups is 1. The van der Waals surface area contributed by atoms with Gasteiger partial charge >= 0.3 is 0 Å². The van der Waals surface area contributed by atoms with Crippen molar-refractivity contribution in [2.45, 2.75) is 66.3 Å². The van der Waals surface area contributed by atoms with Crippen LogP contribution in [0.1, 0.15) is 56.5 Å². The van der Waals surface area contributed by atoms with Gasteiger partial charge in [0.1, 0.15) is 0 Å². The number of nitrogens with zero attached hydrogens (tertiary/aromatic N) is 3. The molecule has 0 bridgehead atoms. The van der Waals surface area contributed by atoms with Crippen LogP contribution in [0.25, 0.3) is 0 Å². The lowest BCUT2D eigenvalue weighted by Gasteiger charge is -2.26. The summed E-state index contributed by atoms with van der Waals surface area (Å²) < 4.78 is 2.04. The van der Waals surface area contributed by atoms with Crippen molar-refractivity contribution in [1.29, 1.82) is 0 Å². The number of aromatic nitrogens is 2. The summed E-state index contributed by atoms with van der Waals surface area (Å²) >= 11 is 0. The van der Waals surface area contributed by atoms with E-state index >= 15 is 0 Å². The molecule has 2 rings (SSSR count). The Morgan fingerprint density at radius 1 is 1.21 bits per heavy atom. The number of rotatable bonds is 8. The summed E-state index contributed by atoms with van der Waals surface area (Å²) in [5.41, 5.74) is 3.20. The predicted octanol–water partition coefficient (Wildman–Crippen LogP) is 2.69. The van der Waals surface area contributed by atoms with Crippen molar-refractivity contribution < 1.29 is 4.79 Å². The lowest BCUT2D eigenvalue weighted by molar-refractivity contribution is -0.120. The molecule has 24 heavy (non-hydrogen) atoms. The number of aryl methyl sites for hydroxylation is 1. The summed E-state index contributed by atoms with van der Waals surface area (Å²) in [5, 5.41) is 7.66. The van der Waals surface area contributed by atoms with Gasteiger partial charge in [-0.3, -0.25) is 9.48 Å². The van der Waals surface area contributed by atoms with E-state index < -0.39 is 0 Å². The fourth-order valence-electron chi connectivity index (χ4n) is 3.45. The molecule has 1 aromatic rings. The quantitative estimate of drug-likeness (QED) is 0.744. The fraction of sp³-hybridized carbons (Fsp3) is 0.789. The van der Waals surface area contributed by atoms with E-state index in [0.29, 0.717) is 12.3 Å². The van der Waals surface area contributed by atoms with Gasteiger partial charge in [0.25, 0.3) is 0 Å². The average Bonchev–Trinajstić information content (AvgIpc) is 2.79. The van der Waals surface area contributed by atoms with Gasteiger partial charge in [-0.1, -0.05) is 20.3 Å². The molecule has 1 aliphatic rings. The van der Waals surface area contributed by atoms with E-state index in [4.69, 9.17) is 0 Å². The second kappa shape index (κ2) is 9.21. The first-order valence-electron chi connectivity index (χ1n) is 9.49. The molecule has 0 saturated carbocycles. The van der Waals surface area contributed by atoms with Gasteiger partial charge in [0.2, 0.25) is 5.91 Å². The van der Waals surface area contributed by atoms with E-state index in [-0.39, 0.29) is 5.91 Å². The van der Waals surface area contributed by atoms with Crippen LogP contribution in [0.3, 0.4) is 0 Å². The number of nitrogens with one attached hydrogen (secondary N) is 1. The van der Waals surface area contributed by atoms with Crippen LogP contribution in [0.5, 0.6) is 0 Å². The van der Waals surface area contributed by atoms with Gasteiger partial charge in [-0.15, -0.1) is 0 Å². The van der Waals surface area contributed by atoms with Crippen LogP contribution in [-0.2, 0) is 17.8 Å². The van der Waals surface area contributed by atoms with Crippen LogP contribution in [0.4, 0.5) is 0 Å². The molecule has 0 spiro atoms. The molecule has 5 nitrogen and oxygen atoms in total. The summed E-state index contributed by atoms with van der Waals surface area (Å²) in [6.45, 7) is 13.7. The molecule has 136 valence electrons. The Balaban J connectivity index is 1.74. The van der Waals surface area contributed by atoms with E-state index in [1.807, 2.05) is 11.6 Å². The summed E-state index contributed by atoms with van der Waals surface area (Å²) in [5.74, 6) is 0.670. The van der Waals surface area contributed by atoms with Crippen LogP contribution in [0, 0.1) is 19.8 Å².